The molecule has 1 aliphatic carbocycles. The SMILES string of the molecule is CCO[C@H]1C[C@@H](O)C12CCN(C(=O)Cc1cn3ccccc3n1)CC2. The second-order valence-corrected chi connectivity index (χ2v) is 7.18. The molecule has 2 aromatic rings. The van der Waals surface area contributed by atoms with E-state index in [4.69, 9.17) is 4.74 Å². The van der Waals surface area contributed by atoms with Crippen LogP contribution in [-0.2, 0) is 16.0 Å². The maximum Gasteiger partial charge on any atom is 0.228 e. The van der Waals surface area contributed by atoms with Gasteiger partial charge in [-0.1, -0.05) is 6.07 Å². The van der Waals surface area contributed by atoms with Crippen LogP contribution in [0.3, 0.4) is 0 Å². The number of nitrogens with zero attached hydrogens (tertiary/aromatic N) is 3. The summed E-state index contributed by atoms with van der Waals surface area (Å²) in [5, 5.41) is 10.3. The molecule has 4 rings (SSSR count). The normalized spacial score (nSPS) is 25.3. The van der Waals surface area contributed by atoms with E-state index in [0.717, 1.165) is 30.6 Å². The monoisotopic (exact) mass is 343 g/mol. The minimum atomic E-state index is -0.292. The summed E-state index contributed by atoms with van der Waals surface area (Å²) < 4.78 is 7.73. The number of pyridine rings is 1. The van der Waals surface area contributed by atoms with Crippen LogP contribution >= 0.6 is 0 Å². The molecule has 1 N–H and O–H groups in total. The third kappa shape index (κ3) is 2.83. The second kappa shape index (κ2) is 6.42. The largest absolute Gasteiger partial charge is 0.392 e. The molecule has 1 aliphatic heterocycles. The third-order valence-electron chi connectivity index (χ3n) is 5.90. The average molecular weight is 343 g/mol. The molecule has 0 radical (unpaired) electrons. The molecule has 2 fully saturated rings. The maximum absolute atomic E-state index is 12.6. The predicted octanol–water partition coefficient (Wildman–Crippen LogP) is 1.66. The van der Waals surface area contributed by atoms with Gasteiger partial charge in [0, 0.05) is 43.9 Å². The molecule has 1 saturated heterocycles. The zero-order valence-corrected chi connectivity index (χ0v) is 14.6. The number of aromatic nitrogens is 2. The van der Waals surface area contributed by atoms with Gasteiger partial charge in [0.15, 0.2) is 0 Å². The van der Waals surface area contributed by atoms with E-state index in [1.165, 1.54) is 0 Å². The van der Waals surface area contributed by atoms with Gasteiger partial charge in [-0.05, 0) is 31.9 Å². The van der Waals surface area contributed by atoms with Crippen LogP contribution in [0.4, 0.5) is 0 Å². The van der Waals surface area contributed by atoms with E-state index in [1.54, 1.807) is 0 Å². The van der Waals surface area contributed by atoms with Gasteiger partial charge in [0.05, 0.1) is 24.3 Å². The minimum Gasteiger partial charge on any atom is -0.392 e. The van der Waals surface area contributed by atoms with E-state index >= 15 is 0 Å². The first kappa shape index (κ1) is 16.5. The number of imidazole rings is 1. The fourth-order valence-electron chi connectivity index (χ4n) is 4.33. The molecular weight excluding hydrogens is 318 g/mol. The number of ether oxygens (including phenoxy) is 1. The third-order valence-corrected chi connectivity index (χ3v) is 5.90. The van der Waals surface area contributed by atoms with Crippen molar-refractivity contribution in [2.24, 2.45) is 5.41 Å². The lowest BCUT2D eigenvalue weighted by molar-refractivity contribution is -0.210. The zero-order valence-electron chi connectivity index (χ0n) is 14.6. The molecule has 25 heavy (non-hydrogen) atoms. The number of rotatable bonds is 4. The number of hydrogen-bond donors (Lipinski definition) is 1. The van der Waals surface area contributed by atoms with E-state index in [1.807, 2.05) is 46.8 Å². The van der Waals surface area contributed by atoms with Crippen molar-refractivity contribution in [2.45, 2.75) is 44.8 Å². The second-order valence-electron chi connectivity index (χ2n) is 7.18. The van der Waals surface area contributed by atoms with Crippen LogP contribution in [0.25, 0.3) is 5.65 Å². The summed E-state index contributed by atoms with van der Waals surface area (Å²) in [7, 11) is 0. The fraction of sp³-hybridized carbons (Fsp3) is 0.579. The number of hydrogen-bond acceptors (Lipinski definition) is 4. The Balaban J connectivity index is 1.38. The van der Waals surface area contributed by atoms with Crippen molar-refractivity contribution >= 4 is 11.6 Å². The van der Waals surface area contributed by atoms with E-state index < -0.39 is 0 Å². The highest BCUT2D eigenvalue weighted by Crippen LogP contribution is 2.50. The lowest BCUT2D eigenvalue weighted by Crippen LogP contribution is -2.62. The summed E-state index contributed by atoms with van der Waals surface area (Å²) in [4.78, 5) is 19.0. The van der Waals surface area contributed by atoms with Crippen molar-refractivity contribution in [1.82, 2.24) is 14.3 Å². The number of carbonyl (C=O) groups excluding carboxylic acids is 1. The molecule has 0 aromatic carbocycles. The van der Waals surface area contributed by atoms with Gasteiger partial charge in [-0.3, -0.25) is 4.79 Å². The first-order valence-corrected chi connectivity index (χ1v) is 9.12. The molecule has 134 valence electrons. The molecule has 2 aliphatic rings. The summed E-state index contributed by atoms with van der Waals surface area (Å²) in [6, 6.07) is 5.82. The van der Waals surface area contributed by atoms with Crippen molar-refractivity contribution in [3.05, 3.63) is 36.3 Å². The molecule has 1 amide bonds. The molecule has 0 unspecified atom stereocenters. The summed E-state index contributed by atoms with van der Waals surface area (Å²) >= 11 is 0. The average Bonchev–Trinajstić information content (AvgIpc) is 3.04. The standard InChI is InChI=1S/C19H25N3O3/c1-2-25-16-12-15(23)19(16)6-9-21(10-7-19)18(24)11-14-13-22-8-4-3-5-17(22)20-14/h3-5,8,13,15-16,23H,2,6-7,9-12H2,1H3/t15-,16+/m1/s1. The summed E-state index contributed by atoms with van der Waals surface area (Å²) in [6.07, 6.45) is 6.38. The van der Waals surface area contributed by atoms with Crippen molar-refractivity contribution in [3.63, 3.8) is 0 Å². The van der Waals surface area contributed by atoms with Crippen molar-refractivity contribution < 1.29 is 14.6 Å². The number of aliphatic hydroxyl groups excluding tert-OH is 1. The van der Waals surface area contributed by atoms with Crippen LogP contribution < -0.4 is 0 Å². The van der Waals surface area contributed by atoms with Crippen LogP contribution in [-0.4, -0.2) is 57.2 Å². The van der Waals surface area contributed by atoms with Gasteiger partial charge < -0.3 is 19.1 Å². The number of piperidine rings is 1. The number of carbonyl (C=O) groups is 1. The van der Waals surface area contributed by atoms with Gasteiger partial charge in [0.1, 0.15) is 5.65 Å². The van der Waals surface area contributed by atoms with Crippen LogP contribution in [0.1, 0.15) is 31.9 Å². The van der Waals surface area contributed by atoms with Crippen LogP contribution in [0, 0.1) is 5.41 Å². The smallest absolute Gasteiger partial charge is 0.228 e. The van der Waals surface area contributed by atoms with E-state index in [9.17, 15) is 9.90 Å². The molecule has 0 bridgehead atoms. The van der Waals surface area contributed by atoms with E-state index in [0.29, 0.717) is 26.1 Å². The first-order chi connectivity index (χ1) is 12.1. The van der Waals surface area contributed by atoms with Crippen LogP contribution in [0.2, 0.25) is 0 Å². The fourth-order valence-corrected chi connectivity index (χ4v) is 4.33. The molecule has 1 spiro atoms. The van der Waals surface area contributed by atoms with E-state index in [2.05, 4.69) is 4.98 Å². The lowest BCUT2D eigenvalue weighted by Gasteiger charge is -2.56. The number of amides is 1. The Labute approximate surface area is 147 Å². The van der Waals surface area contributed by atoms with Gasteiger partial charge in [-0.15, -0.1) is 0 Å². The molecular formula is C19H25N3O3. The molecule has 2 aromatic heterocycles. The Hall–Kier alpha value is -1.92. The lowest BCUT2D eigenvalue weighted by atomic mass is 9.58. The Morgan fingerprint density at radius 3 is 2.88 bits per heavy atom. The maximum atomic E-state index is 12.6. The summed E-state index contributed by atoms with van der Waals surface area (Å²) in [5.41, 5.74) is 1.52. The highest BCUT2D eigenvalue weighted by molar-refractivity contribution is 5.78. The molecule has 6 heteroatoms. The Morgan fingerprint density at radius 2 is 2.20 bits per heavy atom. The predicted molar refractivity (Wildman–Crippen MR) is 93.2 cm³/mol. The topological polar surface area (TPSA) is 67.1 Å². The van der Waals surface area contributed by atoms with Gasteiger partial charge in [-0.2, -0.15) is 0 Å². The zero-order chi connectivity index (χ0) is 17.4. The Bertz CT molecular complexity index is 729. The Morgan fingerprint density at radius 1 is 1.40 bits per heavy atom. The van der Waals surface area contributed by atoms with Crippen molar-refractivity contribution in [3.8, 4) is 0 Å². The first-order valence-electron chi connectivity index (χ1n) is 9.12. The molecule has 1 saturated carbocycles. The quantitative estimate of drug-likeness (QED) is 0.917. The van der Waals surface area contributed by atoms with Crippen molar-refractivity contribution in [2.75, 3.05) is 19.7 Å². The molecule has 3 heterocycles. The van der Waals surface area contributed by atoms with Crippen LogP contribution in [0.15, 0.2) is 30.6 Å². The number of aliphatic hydroxyl groups is 1. The summed E-state index contributed by atoms with van der Waals surface area (Å²) in [5.74, 6) is 0.111. The number of likely N-dealkylation sites (tertiary alicyclic amines) is 1. The van der Waals surface area contributed by atoms with E-state index in [-0.39, 0.29) is 23.5 Å². The minimum absolute atomic E-state index is 0.111. The van der Waals surface area contributed by atoms with Gasteiger partial charge in [0.2, 0.25) is 5.91 Å². The van der Waals surface area contributed by atoms with Crippen molar-refractivity contribution in [1.29, 1.82) is 0 Å². The Kier molecular flexibility index (Phi) is 4.25. The highest BCUT2D eigenvalue weighted by Gasteiger charge is 2.56. The van der Waals surface area contributed by atoms with Gasteiger partial charge in [-0.25, -0.2) is 4.98 Å². The number of fused-ring (bicyclic) bond motifs is 1. The van der Waals surface area contributed by atoms with Crippen LogP contribution in [0.5, 0.6) is 0 Å². The van der Waals surface area contributed by atoms with Gasteiger partial charge in [0.25, 0.3) is 0 Å². The molecule has 2 atom stereocenters. The molecule has 6 nitrogen and oxygen atoms in total. The highest BCUT2D eigenvalue weighted by atomic mass is 16.5. The summed E-state index contributed by atoms with van der Waals surface area (Å²) in [6.45, 7) is 4.04. The van der Waals surface area contributed by atoms with Gasteiger partial charge >= 0.3 is 0 Å².